The maximum absolute atomic E-state index is 12.5. The average Bonchev–Trinajstić information content (AvgIpc) is 2.66. The number of halogens is 1. The van der Waals surface area contributed by atoms with Crippen LogP contribution in [0.25, 0.3) is 0 Å². The van der Waals surface area contributed by atoms with Crippen LogP contribution in [0.15, 0.2) is 48.5 Å². The van der Waals surface area contributed by atoms with Crippen molar-refractivity contribution >= 4 is 33.2 Å². The lowest BCUT2D eigenvalue weighted by molar-refractivity contribution is -0.121. The van der Waals surface area contributed by atoms with Crippen LogP contribution in [0.4, 0.5) is 5.69 Å². The number of sulfonamides is 1. The summed E-state index contributed by atoms with van der Waals surface area (Å²) in [7, 11) is -2.12. The van der Waals surface area contributed by atoms with Crippen molar-refractivity contribution in [3.8, 4) is 5.75 Å². The molecule has 2 aromatic carbocycles. The summed E-state index contributed by atoms with van der Waals surface area (Å²) in [6.07, 6.45) is 2.50. The summed E-state index contributed by atoms with van der Waals surface area (Å²) >= 11 is 6.13. The van der Waals surface area contributed by atoms with Gasteiger partial charge in [0.25, 0.3) is 0 Å². The van der Waals surface area contributed by atoms with Gasteiger partial charge in [-0.1, -0.05) is 29.8 Å². The number of hydrogen-bond acceptors (Lipinski definition) is 4. The molecule has 1 N–H and O–H groups in total. The van der Waals surface area contributed by atoms with E-state index in [9.17, 15) is 13.2 Å². The summed E-state index contributed by atoms with van der Waals surface area (Å²) < 4.78 is 30.8. The van der Waals surface area contributed by atoms with Gasteiger partial charge in [-0.2, -0.15) is 0 Å². The molecular formula is C20H25ClN2O4S. The summed E-state index contributed by atoms with van der Waals surface area (Å²) in [5.74, 6) is 0.245. The largest absolute Gasteiger partial charge is 0.497 e. The molecule has 1 amide bonds. The Morgan fingerprint density at radius 3 is 2.39 bits per heavy atom. The molecule has 0 aliphatic heterocycles. The lowest BCUT2D eigenvalue weighted by Crippen LogP contribution is -2.48. The Kier molecular flexibility index (Phi) is 7.71. The molecule has 0 fully saturated rings. The summed E-state index contributed by atoms with van der Waals surface area (Å²) in [6, 6.07) is 13.2. The topological polar surface area (TPSA) is 75.7 Å². The van der Waals surface area contributed by atoms with E-state index in [1.54, 1.807) is 31.2 Å². The zero-order valence-corrected chi connectivity index (χ0v) is 17.8. The molecule has 0 aromatic heterocycles. The normalized spacial score (nSPS) is 12.3. The highest BCUT2D eigenvalue weighted by atomic mass is 35.5. The van der Waals surface area contributed by atoms with E-state index in [-0.39, 0.29) is 5.91 Å². The van der Waals surface area contributed by atoms with Gasteiger partial charge in [0.15, 0.2) is 0 Å². The van der Waals surface area contributed by atoms with Crippen LogP contribution in [0, 0.1) is 0 Å². The van der Waals surface area contributed by atoms with E-state index >= 15 is 0 Å². The van der Waals surface area contributed by atoms with Crippen molar-refractivity contribution in [2.45, 2.75) is 25.8 Å². The van der Waals surface area contributed by atoms with Crippen molar-refractivity contribution in [3.05, 3.63) is 59.1 Å². The molecule has 6 nitrogen and oxygen atoms in total. The second kappa shape index (κ2) is 9.80. The summed E-state index contributed by atoms with van der Waals surface area (Å²) in [4.78, 5) is 12.5. The van der Waals surface area contributed by atoms with E-state index in [4.69, 9.17) is 16.3 Å². The third-order valence-electron chi connectivity index (χ3n) is 4.30. The number of carbonyl (C=O) groups excluding carboxylic acids is 1. The van der Waals surface area contributed by atoms with E-state index in [0.717, 1.165) is 22.5 Å². The van der Waals surface area contributed by atoms with E-state index in [1.807, 2.05) is 24.3 Å². The second-order valence-corrected chi connectivity index (χ2v) is 8.69. The number of nitrogens with zero attached hydrogens (tertiary/aromatic N) is 1. The van der Waals surface area contributed by atoms with Crippen molar-refractivity contribution in [1.29, 1.82) is 0 Å². The highest BCUT2D eigenvalue weighted by molar-refractivity contribution is 7.92. The van der Waals surface area contributed by atoms with Gasteiger partial charge in [0, 0.05) is 11.6 Å². The van der Waals surface area contributed by atoms with Gasteiger partial charge in [-0.3, -0.25) is 9.10 Å². The van der Waals surface area contributed by atoms with Crippen molar-refractivity contribution in [1.82, 2.24) is 5.32 Å². The number of methoxy groups -OCH3 is 1. The van der Waals surface area contributed by atoms with Crippen LogP contribution in [0.2, 0.25) is 5.02 Å². The fraction of sp³-hybridized carbons (Fsp3) is 0.350. The number of aryl methyl sites for hydroxylation is 1. The van der Waals surface area contributed by atoms with Gasteiger partial charge < -0.3 is 10.1 Å². The summed E-state index contributed by atoms with van der Waals surface area (Å²) in [6.45, 7) is 1.99. The Balaban J connectivity index is 2.00. The lowest BCUT2D eigenvalue weighted by atomic mass is 10.1. The Morgan fingerprint density at radius 1 is 1.18 bits per heavy atom. The molecule has 0 heterocycles. The SMILES string of the molecule is COc1ccc(N(C(C)C(=O)NCCCc2ccccc2Cl)S(C)(=O)=O)cc1. The maximum Gasteiger partial charge on any atom is 0.243 e. The fourth-order valence-electron chi connectivity index (χ4n) is 2.88. The van der Waals surface area contributed by atoms with Gasteiger partial charge >= 0.3 is 0 Å². The molecular weight excluding hydrogens is 400 g/mol. The monoisotopic (exact) mass is 424 g/mol. The van der Waals surface area contributed by atoms with Crippen LogP contribution < -0.4 is 14.4 Å². The van der Waals surface area contributed by atoms with Gasteiger partial charge in [0.2, 0.25) is 15.9 Å². The Hall–Kier alpha value is -2.25. The van der Waals surface area contributed by atoms with E-state index in [1.165, 1.54) is 7.11 Å². The molecule has 8 heteroatoms. The molecule has 28 heavy (non-hydrogen) atoms. The number of rotatable bonds is 9. The minimum absolute atomic E-state index is 0.361. The second-order valence-electron chi connectivity index (χ2n) is 6.42. The summed E-state index contributed by atoms with van der Waals surface area (Å²) in [5.41, 5.74) is 1.42. The standard InChI is InChI=1S/C20H25ClN2O4S/c1-15(20(24)22-14-6-8-16-7-4-5-9-19(16)21)23(28(3,25)26)17-10-12-18(27-2)13-11-17/h4-5,7,9-13,15H,6,8,14H2,1-3H3,(H,22,24). The predicted octanol–water partition coefficient (Wildman–Crippen LogP) is 3.25. The van der Waals surface area contributed by atoms with Crippen LogP contribution in [-0.2, 0) is 21.2 Å². The predicted molar refractivity (Wildman–Crippen MR) is 113 cm³/mol. The molecule has 1 unspecified atom stereocenters. The van der Waals surface area contributed by atoms with Crippen molar-refractivity contribution < 1.29 is 17.9 Å². The first kappa shape index (κ1) is 22.0. The quantitative estimate of drug-likeness (QED) is 0.627. The van der Waals surface area contributed by atoms with E-state index in [0.29, 0.717) is 29.4 Å². The number of anilines is 1. The number of hydrogen-bond donors (Lipinski definition) is 1. The van der Waals surface area contributed by atoms with E-state index in [2.05, 4.69) is 5.32 Å². The molecule has 0 aliphatic rings. The van der Waals surface area contributed by atoms with Gasteiger partial charge in [-0.05, 0) is 55.7 Å². The molecule has 2 aromatic rings. The molecule has 0 spiro atoms. The van der Waals surface area contributed by atoms with Gasteiger partial charge in [0.05, 0.1) is 19.1 Å². The minimum Gasteiger partial charge on any atom is -0.497 e. The highest BCUT2D eigenvalue weighted by Gasteiger charge is 2.28. The van der Waals surface area contributed by atoms with Gasteiger partial charge in [-0.25, -0.2) is 8.42 Å². The van der Waals surface area contributed by atoms with Crippen LogP contribution >= 0.6 is 11.6 Å². The number of amides is 1. The fourth-order valence-corrected chi connectivity index (χ4v) is 4.28. The van der Waals surface area contributed by atoms with E-state index < -0.39 is 16.1 Å². The molecule has 0 aliphatic carbocycles. The molecule has 0 saturated carbocycles. The zero-order chi connectivity index (χ0) is 20.7. The van der Waals surface area contributed by atoms with Gasteiger partial charge in [-0.15, -0.1) is 0 Å². The third kappa shape index (κ3) is 5.87. The highest BCUT2D eigenvalue weighted by Crippen LogP contribution is 2.24. The maximum atomic E-state index is 12.5. The molecule has 0 radical (unpaired) electrons. The van der Waals surface area contributed by atoms with Crippen molar-refractivity contribution in [3.63, 3.8) is 0 Å². The average molecular weight is 425 g/mol. The van der Waals surface area contributed by atoms with Crippen LogP contribution in [0.5, 0.6) is 5.75 Å². The number of benzene rings is 2. The molecule has 0 saturated heterocycles. The van der Waals surface area contributed by atoms with Crippen molar-refractivity contribution in [2.24, 2.45) is 0 Å². The molecule has 0 bridgehead atoms. The van der Waals surface area contributed by atoms with Crippen LogP contribution in [-0.4, -0.2) is 40.3 Å². The Labute approximate surface area is 171 Å². The minimum atomic E-state index is -3.65. The van der Waals surface area contributed by atoms with Crippen LogP contribution in [0.3, 0.4) is 0 Å². The summed E-state index contributed by atoms with van der Waals surface area (Å²) in [5, 5.41) is 3.50. The van der Waals surface area contributed by atoms with Crippen molar-refractivity contribution in [2.75, 3.05) is 24.2 Å². The zero-order valence-electron chi connectivity index (χ0n) is 16.2. The first-order chi connectivity index (χ1) is 13.2. The first-order valence-corrected chi connectivity index (χ1v) is 11.1. The van der Waals surface area contributed by atoms with Gasteiger partial charge in [0.1, 0.15) is 11.8 Å². The molecule has 1 atom stereocenters. The number of ether oxygens (including phenoxy) is 1. The molecule has 2 rings (SSSR count). The Morgan fingerprint density at radius 2 is 1.82 bits per heavy atom. The number of nitrogens with one attached hydrogen (secondary N) is 1. The smallest absolute Gasteiger partial charge is 0.243 e. The lowest BCUT2D eigenvalue weighted by Gasteiger charge is -2.28. The third-order valence-corrected chi connectivity index (χ3v) is 5.91. The number of carbonyl (C=O) groups is 1. The Bertz CT molecular complexity index is 901. The first-order valence-electron chi connectivity index (χ1n) is 8.88. The molecule has 152 valence electrons. The van der Waals surface area contributed by atoms with Crippen LogP contribution in [0.1, 0.15) is 18.9 Å².